The highest BCUT2D eigenvalue weighted by Gasteiger charge is 2.16. The maximum atomic E-state index is 12.9. The van der Waals surface area contributed by atoms with Crippen LogP contribution in [0.3, 0.4) is 0 Å². The van der Waals surface area contributed by atoms with Gasteiger partial charge in [0.05, 0.1) is 16.4 Å². The zero-order valence-electron chi connectivity index (χ0n) is 16.9. The van der Waals surface area contributed by atoms with Gasteiger partial charge in [0.1, 0.15) is 5.82 Å². The molecule has 0 bridgehead atoms. The molecule has 0 aliphatic rings. The lowest BCUT2D eigenvalue weighted by Gasteiger charge is -2.11. The number of nitrogens with one attached hydrogen (secondary N) is 3. The lowest BCUT2D eigenvalue weighted by Crippen LogP contribution is -2.39. The third-order valence-corrected chi connectivity index (χ3v) is 5.43. The number of nitro groups is 1. The van der Waals surface area contributed by atoms with Gasteiger partial charge in [-0.25, -0.2) is 17.5 Å². The Morgan fingerprint density at radius 2 is 1.84 bits per heavy atom. The van der Waals surface area contributed by atoms with Gasteiger partial charge in [0.15, 0.2) is 5.96 Å². The van der Waals surface area contributed by atoms with Crippen LogP contribution in [0.1, 0.15) is 12.5 Å². The first-order valence-corrected chi connectivity index (χ1v) is 10.8. The fourth-order valence-corrected chi connectivity index (χ4v) is 3.57. The fraction of sp³-hybridized carbons (Fsp3) is 0.316. The Morgan fingerprint density at radius 1 is 1.13 bits per heavy atom. The Labute approximate surface area is 197 Å². The Kier molecular flexibility index (Phi) is 11.3. The van der Waals surface area contributed by atoms with Gasteiger partial charge in [-0.2, -0.15) is 0 Å². The first-order valence-electron chi connectivity index (χ1n) is 9.32. The minimum atomic E-state index is -3.88. The molecule has 0 aliphatic heterocycles. The summed E-state index contributed by atoms with van der Waals surface area (Å²) in [6.07, 6.45) is 0.671. The maximum Gasteiger partial charge on any atom is 0.270 e. The van der Waals surface area contributed by atoms with Crippen molar-refractivity contribution < 1.29 is 17.7 Å². The van der Waals surface area contributed by atoms with Crippen LogP contribution < -0.4 is 15.4 Å². The normalized spacial score (nSPS) is 11.5. The third kappa shape index (κ3) is 9.14. The smallest absolute Gasteiger partial charge is 0.270 e. The van der Waals surface area contributed by atoms with Gasteiger partial charge in [-0.3, -0.25) is 15.1 Å². The van der Waals surface area contributed by atoms with E-state index in [1.165, 1.54) is 30.3 Å². The number of nitro benzene ring substituents is 1. The minimum absolute atomic E-state index is 0. The van der Waals surface area contributed by atoms with Crippen LogP contribution >= 0.6 is 24.0 Å². The predicted octanol–water partition coefficient (Wildman–Crippen LogP) is 2.43. The highest BCUT2D eigenvalue weighted by atomic mass is 127. The van der Waals surface area contributed by atoms with E-state index >= 15 is 0 Å². The largest absolute Gasteiger partial charge is 0.357 e. The van der Waals surface area contributed by atoms with Crippen LogP contribution in [-0.2, 0) is 16.4 Å². The summed E-state index contributed by atoms with van der Waals surface area (Å²) in [5.41, 5.74) is 0.681. The number of rotatable bonds is 10. The van der Waals surface area contributed by atoms with Crippen LogP contribution in [0.2, 0.25) is 0 Å². The topological polar surface area (TPSA) is 126 Å². The molecule has 9 nitrogen and oxygen atoms in total. The van der Waals surface area contributed by atoms with Crippen LogP contribution in [-0.4, -0.2) is 45.5 Å². The van der Waals surface area contributed by atoms with Gasteiger partial charge in [-0.05, 0) is 37.1 Å². The predicted molar refractivity (Wildman–Crippen MR) is 128 cm³/mol. The fourth-order valence-electron chi connectivity index (χ4n) is 2.51. The van der Waals surface area contributed by atoms with Crippen LogP contribution in [0, 0.1) is 15.9 Å². The van der Waals surface area contributed by atoms with E-state index in [1.54, 1.807) is 12.1 Å². The highest BCUT2D eigenvalue weighted by Crippen LogP contribution is 2.16. The van der Waals surface area contributed by atoms with E-state index in [0.717, 1.165) is 11.6 Å². The molecule has 0 fully saturated rings. The molecule has 3 N–H and O–H groups in total. The summed E-state index contributed by atoms with van der Waals surface area (Å²) < 4.78 is 39.9. The van der Waals surface area contributed by atoms with E-state index in [2.05, 4.69) is 20.3 Å². The number of sulfonamides is 1. The van der Waals surface area contributed by atoms with Gasteiger partial charge >= 0.3 is 0 Å². The Morgan fingerprint density at radius 3 is 2.48 bits per heavy atom. The third-order valence-electron chi connectivity index (χ3n) is 3.98. The number of hydrogen-bond acceptors (Lipinski definition) is 5. The Bertz CT molecular complexity index is 987. The van der Waals surface area contributed by atoms with E-state index < -0.39 is 14.9 Å². The van der Waals surface area contributed by atoms with Crippen LogP contribution in [0.5, 0.6) is 0 Å². The summed E-state index contributed by atoms with van der Waals surface area (Å²) in [6.45, 7) is 3.29. The number of non-ortho nitro benzene ring substituents is 1. The maximum absolute atomic E-state index is 12.9. The molecular weight excluding hydrogens is 540 g/mol. The van der Waals surface area contributed by atoms with Crippen molar-refractivity contribution >= 4 is 45.6 Å². The van der Waals surface area contributed by atoms with Crippen molar-refractivity contribution in [3.63, 3.8) is 0 Å². The van der Waals surface area contributed by atoms with E-state index in [4.69, 9.17) is 0 Å². The number of benzene rings is 2. The van der Waals surface area contributed by atoms with Crippen molar-refractivity contribution in [1.82, 2.24) is 15.4 Å². The molecule has 31 heavy (non-hydrogen) atoms. The zero-order valence-corrected chi connectivity index (χ0v) is 20.0. The lowest BCUT2D eigenvalue weighted by atomic mass is 10.1. The average Bonchev–Trinajstić information content (AvgIpc) is 2.72. The zero-order chi connectivity index (χ0) is 22.0. The van der Waals surface area contributed by atoms with Crippen molar-refractivity contribution in [3.8, 4) is 0 Å². The minimum Gasteiger partial charge on any atom is -0.357 e. The molecular formula is C19H25FIN5O4S. The lowest BCUT2D eigenvalue weighted by molar-refractivity contribution is -0.385. The molecule has 12 heteroatoms. The number of hydrogen-bond donors (Lipinski definition) is 3. The molecule has 0 heterocycles. The van der Waals surface area contributed by atoms with Gasteiger partial charge in [0.25, 0.3) is 5.69 Å². The summed E-state index contributed by atoms with van der Waals surface area (Å²) in [5.74, 6) is 0.239. The van der Waals surface area contributed by atoms with Gasteiger partial charge in [0, 0.05) is 31.8 Å². The second-order valence-electron chi connectivity index (χ2n) is 6.22. The molecule has 0 amide bonds. The summed E-state index contributed by atoms with van der Waals surface area (Å²) in [6, 6.07) is 11.1. The summed E-state index contributed by atoms with van der Waals surface area (Å²) in [5, 5.41) is 17.0. The van der Waals surface area contributed by atoms with E-state index in [9.17, 15) is 22.9 Å². The van der Waals surface area contributed by atoms with Crippen molar-refractivity contribution in [2.45, 2.75) is 18.2 Å². The van der Waals surface area contributed by atoms with Crippen molar-refractivity contribution in [3.05, 3.63) is 70.0 Å². The Balaban J connectivity index is 0.00000480. The summed E-state index contributed by atoms with van der Waals surface area (Å²) in [4.78, 5) is 14.3. The molecule has 0 saturated carbocycles. The van der Waals surface area contributed by atoms with E-state index in [-0.39, 0.29) is 53.5 Å². The standard InChI is InChI=1S/C19H24FN5O4S.HI/c1-2-21-19(22-11-10-15-6-8-16(20)9-7-15)23-12-13-24-30(28,29)18-5-3-4-17(14-18)25(26)27;/h3-9,14,24H,2,10-13H2,1H3,(H2,21,22,23);1H. The van der Waals surface area contributed by atoms with E-state index in [0.29, 0.717) is 25.5 Å². The SMILES string of the molecule is CCNC(=NCCNS(=O)(=O)c1cccc([N+](=O)[O-])c1)NCCc1ccc(F)cc1.I. The van der Waals surface area contributed by atoms with Crippen molar-refractivity contribution in [1.29, 1.82) is 0 Å². The van der Waals surface area contributed by atoms with E-state index in [1.807, 2.05) is 6.92 Å². The van der Waals surface area contributed by atoms with Gasteiger partial charge < -0.3 is 10.6 Å². The molecule has 0 unspecified atom stereocenters. The van der Waals surface area contributed by atoms with Gasteiger partial charge in [0.2, 0.25) is 10.0 Å². The number of aliphatic imine (C=N–C) groups is 1. The molecule has 0 radical (unpaired) electrons. The second-order valence-corrected chi connectivity index (χ2v) is 7.98. The van der Waals surface area contributed by atoms with Gasteiger partial charge in [-0.1, -0.05) is 18.2 Å². The quantitative estimate of drug-likeness (QED) is 0.102. The Hall–Kier alpha value is -2.32. The monoisotopic (exact) mass is 565 g/mol. The molecule has 0 saturated heterocycles. The molecule has 0 aromatic heterocycles. The van der Waals surface area contributed by atoms with Crippen LogP contribution in [0.15, 0.2) is 58.4 Å². The van der Waals surface area contributed by atoms with Gasteiger partial charge in [-0.15, -0.1) is 24.0 Å². The molecule has 2 aromatic rings. The molecule has 0 atom stereocenters. The van der Waals surface area contributed by atoms with Crippen molar-refractivity contribution in [2.75, 3.05) is 26.2 Å². The first-order chi connectivity index (χ1) is 14.3. The molecule has 170 valence electrons. The number of guanidine groups is 1. The number of nitrogens with zero attached hydrogens (tertiary/aromatic N) is 2. The molecule has 0 aliphatic carbocycles. The summed E-state index contributed by atoms with van der Waals surface area (Å²) >= 11 is 0. The average molecular weight is 565 g/mol. The highest BCUT2D eigenvalue weighted by molar-refractivity contribution is 14.0. The van der Waals surface area contributed by atoms with Crippen molar-refractivity contribution in [2.24, 2.45) is 4.99 Å². The molecule has 0 spiro atoms. The number of halogens is 2. The summed E-state index contributed by atoms with van der Waals surface area (Å²) in [7, 11) is -3.88. The molecule has 2 rings (SSSR count). The van der Waals surface area contributed by atoms with Crippen LogP contribution in [0.4, 0.5) is 10.1 Å². The van der Waals surface area contributed by atoms with Crippen LogP contribution in [0.25, 0.3) is 0 Å². The first kappa shape index (κ1) is 26.7. The second kappa shape index (κ2) is 13.2. The molecule has 2 aromatic carbocycles.